The van der Waals surface area contributed by atoms with Crippen molar-refractivity contribution in [2.75, 3.05) is 6.56 Å². The van der Waals surface area contributed by atoms with E-state index in [0.717, 1.165) is 19.3 Å². The monoisotopic (exact) mass is 161 g/mol. The van der Waals surface area contributed by atoms with Gasteiger partial charge in [0.1, 0.15) is 0 Å². The minimum atomic E-state index is -2.33. The molecule has 0 aliphatic rings. The Kier molecular flexibility index (Phi) is 5.86. The zero-order valence-corrected chi connectivity index (χ0v) is 7.47. The summed E-state index contributed by atoms with van der Waals surface area (Å²) >= 11 is 0. The first-order valence-electron chi connectivity index (χ1n) is 6.20. The predicted molar refractivity (Wildman–Crippen MR) is 49.7 cm³/mol. The molecule has 0 saturated heterocycles. The van der Waals surface area contributed by atoms with E-state index in [1.165, 1.54) is 19.3 Å². The van der Waals surface area contributed by atoms with Gasteiger partial charge in [-0.2, -0.15) is 0 Å². The molecule has 0 fully saturated rings. The molecule has 0 aromatic heterocycles. The number of unbranched alkanes of at least 4 members (excludes halogenated alkanes) is 5. The highest BCUT2D eigenvalue weighted by molar-refractivity contribution is 4.44. The molecule has 0 aliphatic heterocycles. The zero-order chi connectivity index (χ0) is 11.0. The van der Waals surface area contributed by atoms with Crippen molar-refractivity contribution in [3.8, 4) is 0 Å². The Balaban J connectivity index is 3.28. The minimum absolute atomic E-state index is 0.454. The quantitative estimate of drug-likeness (QED) is 0.542. The lowest BCUT2D eigenvalue weighted by atomic mass is 10.1. The van der Waals surface area contributed by atoms with Crippen molar-refractivity contribution in [1.29, 1.82) is 0 Å². The second-order valence-corrected chi connectivity index (χ2v) is 2.89. The first-order chi connectivity index (χ1) is 6.48. The van der Waals surface area contributed by atoms with Crippen LogP contribution in [0.25, 0.3) is 0 Å². The zero-order valence-electron chi connectivity index (χ0n) is 10.5. The van der Waals surface area contributed by atoms with Crippen molar-refractivity contribution < 1.29 is 9.22 Å². The maximum atomic E-state index is 8.87. The van der Waals surface area contributed by atoms with E-state index in [1.54, 1.807) is 0 Å². The number of rotatable bonds is 8. The molecule has 0 saturated carbocycles. The van der Waals surface area contributed by atoms with Crippen LogP contribution in [0, 0.1) is 0 Å². The number of hydrogen-bond acceptors (Lipinski definition) is 1. The van der Waals surface area contributed by atoms with Crippen LogP contribution in [0.5, 0.6) is 0 Å². The van der Waals surface area contributed by atoms with Crippen LogP contribution in [0.1, 0.15) is 62.4 Å². The van der Waals surface area contributed by atoms with Gasteiger partial charge in [-0.3, -0.25) is 0 Å². The topological polar surface area (TPSA) is 20.2 Å². The van der Waals surface area contributed by atoms with Gasteiger partial charge in [-0.1, -0.05) is 51.9 Å². The summed E-state index contributed by atoms with van der Waals surface area (Å²) in [6.45, 7) is -0.163. The normalized spacial score (nSPS) is 18.5. The van der Waals surface area contributed by atoms with Crippen LogP contribution in [-0.2, 0) is 0 Å². The molecule has 11 heavy (non-hydrogen) atoms. The molecule has 0 aromatic carbocycles. The van der Waals surface area contributed by atoms with E-state index < -0.39 is 13.0 Å². The summed E-state index contributed by atoms with van der Waals surface area (Å²) in [5.41, 5.74) is 0. The summed E-state index contributed by atoms with van der Waals surface area (Å²) in [5.74, 6) is 0. The summed E-state index contributed by atoms with van der Waals surface area (Å²) < 4.78 is 21.2. The first kappa shape index (κ1) is 6.47. The highest BCUT2D eigenvalue weighted by atomic mass is 16.2. The molecular formula is C10H22O. The van der Waals surface area contributed by atoms with Crippen LogP contribution in [-0.4, -0.2) is 11.7 Å². The lowest BCUT2D eigenvalue weighted by Gasteiger charge is -1.98. The smallest absolute Gasteiger partial charge is 0.0564 e. The van der Waals surface area contributed by atoms with E-state index in [0.29, 0.717) is 6.42 Å². The lowest BCUT2D eigenvalue weighted by molar-refractivity contribution is 0.282. The highest BCUT2D eigenvalue weighted by Crippen LogP contribution is 2.07. The molecule has 1 atom stereocenters. The Bertz CT molecular complexity index is 134. The maximum Gasteiger partial charge on any atom is 0.0564 e. The Labute approximate surface area is 75.0 Å². The van der Waals surface area contributed by atoms with Gasteiger partial charge in [0, 0.05) is 7.93 Å². The second kappa shape index (κ2) is 9.96. The predicted octanol–water partition coefficient (Wildman–Crippen LogP) is 3.12. The Morgan fingerprint density at radius 2 is 1.55 bits per heavy atom. The van der Waals surface area contributed by atoms with E-state index >= 15 is 0 Å². The van der Waals surface area contributed by atoms with E-state index in [4.69, 9.17) is 9.22 Å². The molecule has 0 rings (SSSR count). The molecule has 1 nitrogen and oxygen atoms in total. The fraction of sp³-hybridized carbons (Fsp3) is 1.00. The van der Waals surface area contributed by atoms with Crippen molar-refractivity contribution >= 4 is 0 Å². The standard InChI is InChI=1S/C10H22O/c1-2-3-4-5-6-7-8-9-10-11/h11H,2-10H2,1H3/i9D,10D2. The Hall–Kier alpha value is -0.0400. The summed E-state index contributed by atoms with van der Waals surface area (Å²) in [7, 11) is 0. The maximum absolute atomic E-state index is 8.87. The van der Waals surface area contributed by atoms with E-state index in [1.807, 2.05) is 0 Å². The summed E-state index contributed by atoms with van der Waals surface area (Å²) in [4.78, 5) is 0. The molecule has 1 heteroatoms. The van der Waals surface area contributed by atoms with Gasteiger partial charge in [-0.15, -0.1) is 0 Å². The van der Waals surface area contributed by atoms with Crippen molar-refractivity contribution in [2.45, 2.75) is 58.3 Å². The third kappa shape index (κ3) is 9.96. The summed E-state index contributed by atoms with van der Waals surface area (Å²) in [5, 5.41) is 8.87. The molecule has 1 unspecified atom stereocenters. The lowest BCUT2D eigenvalue weighted by Crippen LogP contribution is -1.83. The highest BCUT2D eigenvalue weighted by Gasteiger charge is 1.89. The molecule has 0 aliphatic carbocycles. The Morgan fingerprint density at radius 1 is 1.00 bits per heavy atom. The Morgan fingerprint density at radius 3 is 2.09 bits per heavy atom. The largest absolute Gasteiger partial charge is 0.396 e. The van der Waals surface area contributed by atoms with Crippen LogP contribution in [0.3, 0.4) is 0 Å². The molecule has 0 radical (unpaired) electrons. The van der Waals surface area contributed by atoms with E-state index in [9.17, 15) is 0 Å². The number of hydrogen-bond donors (Lipinski definition) is 1. The molecular weight excluding hydrogens is 136 g/mol. The molecule has 0 bridgehead atoms. The first-order valence-corrected chi connectivity index (χ1v) is 4.63. The fourth-order valence-electron chi connectivity index (χ4n) is 1.09. The van der Waals surface area contributed by atoms with Crippen LogP contribution in [0.2, 0.25) is 0 Å². The van der Waals surface area contributed by atoms with Crippen LogP contribution in [0.4, 0.5) is 0 Å². The molecule has 0 heterocycles. The molecule has 0 aromatic rings. The van der Waals surface area contributed by atoms with Gasteiger partial charge in [0.05, 0.1) is 2.74 Å². The molecule has 1 N–H and O–H groups in total. The van der Waals surface area contributed by atoms with Crippen molar-refractivity contribution in [3.05, 3.63) is 0 Å². The third-order valence-corrected chi connectivity index (χ3v) is 1.79. The van der Waals surface area contributed by atoms with Gasteiger partial charge < -0.3 is 5.11 Å². The van der Waals surface area contributed by atoms with Gasteiger partial charge in [-0.05, 0) is 6.40 Å². The van der Waals surface area contributed by atoms with Gasteiger partial charge in [0.15, 0.2) is 0 Å². The van der Waals surface area contributed by atoms with Crippen molar-refractivity contribution in [3.63, 3.8) is 0 Å². The minimum Gasteiger partial charge on any atom is -0.396 e. The van der Waals surface area contributed by atoms with Crippen LogP contribution < -0.4 is 0 Å². The number of aliphatic hydroxyl groups is 1. The van der Waals surface area contributed by atoms with Gasteiger partial charge in [0.2, 0.25) is 0 Å². The van der Waals surface area contributed by atoms with Gasteiger partial charge in [-0.25, -0.2) is 0 Å². The SMILES string of the molecule is [2H]C(CCCCCCCC)C([2H])([2H])O. The third-order valence-electron chi connectivity index (χ3n) is 1.79. The average Bonchev–Trinajstić information content (AvgIpc) is 2.09. The van der Waals surface area contributed by atoms with Crippen LogP contribution in [0.15, 0.2) is 0 Å². The van der Waals surface area contributed by atoms with Crippen molar-refractivity contribution in [1.82, 2.24) is 0 Å². The van der Waals surface area contributed by atoms with E-state index in [-0.39, 0.29) is 0 Å². The summed E-state index contributed by atoms with van der Waals surface area (Å²) in [6.07, 6.45) is 6.22. The van der Waals surface area contributed by atoms with Crippen molar-refractivity contribution in [2.24, 2.45) is 0 Å². The fourth-order valence-corrected chi connectivity index (χ4v) is 1.09. The molecule has 0 amide bonds. The van der Waals surface area contributed by atoms with Gasteiger partial charge in [0.25, 0.3) is 0 Å². The summed E-state index contributed by atoms with van der Waals surface area (Å²) in [6, 6.07) is 0. The molecule has 0 spiro atoms. The van der Waals surface area contributed by atoms with Gasteiger partial charge >= 0.3 is 0 Å². The molecule has 68 valence electrons. The average molecular weight is 161 g/mol. The second-order valence-electron chi connectivity index (χ2n) is 2.89. The van der Waals surface area contributed by atoms with Crippen LogP contribution >= 0.6 is 0 Å². The van der Waals surface area contributed by atoms with E-state index in [2.05, 4.69) is 6.92 Å².